The maximum atomic E-state index is 14.1. The SMILES string of the molecule is C=C(C)CN1C(=O)[C@]2(N[C@@H](CCSC)[C@H]3C(=O)N(Cc4ccccc4)C(=O)[C@@H]32)c2ccccc21. The fourth-order valence-electron chi connectivity index (χ4n) is 5.85. The third-order valence-corrected chi connectivity index (χ3v) is 7.85. The van der Waals surface area contributed by atoms with Gasteiger partial charge >= 0.3 is 0 Å². The van der Waals surface area contributed by atoms with Crippen molar-refractivity contribution in [1.82, 2.24) is 10.2 Å². The second kappa shape index (κ2) is 8.71. The first-order chi connectivity index (χ1) is 16.4. The topological polar surface area (TPSA) is 69.7 Å². The molecule has 0 aliphatic carbocycles. The highest BCUT2D eigenvalue weighted by Gasteiger charge is 2.71. The quantitative estimate of drug-likeness (QED) is 0.491. The van der Waals surface area contributed by atoms with E-state index in [9.17, 15) is 14.4 Å². The Kier molecular flexibility index (Phi) is 5.86. The van der Waals surface area contributed by atoms with Gasteiger partial charge in [-0.1, -0.05) is 60.7 Å². The second-order valence-corrected chi connectivity index (χ2v) is 10.4. The first kappa shape index (κ1) is 22.9. The van der Waals surface area contributed by atoms with Crippen LogP contribution in [-0.2, 0) is 26.5 Å². The molecule has 3 aliphatic heterocycles. The average molecular weight is 476 g/mol. The number of hydrogen-bond donors (Lipinski definition) is 1. The van der Waals surface area contributed by atoms with E-state index in [0.717, 1.165) is 28.1 Å². The van der Waals surface area contributed by atoms with Crippen molar-refractivity contribution in [2.45, 2.75) is 31.5 Å². The van der Waals surface area contributed by atoms with E-state index < -0.39 is 17.4 Å². The molecule has 0 unspecified atom stereocenters. The summed E-state index contributed by atoms with van der Waals surface area (Å²) in [6.07, 6.45) is 2.73. The van der Waals surface area contributed by atoms with Crippen LogP contribution >= 0.6 is 11.8 Å². The largest absolute Gasteiger partial charge is 0.306 e. The van der Waals surface area contributed by atoms with Crippen LogP contribution in [-0.4, -0.2) is 47.2 Å². The van der Waals surface area contributed by atoms with Crippen LogP contribution in [0.5, 0.6) is 0 Å². The van der Waals surface area contributed by atoms with Gasteiger partial charge in [0.2, 0.25) is 11.8 Å². The molecule has 0 aromatic heterocycles. The predicted molar refractivity (Wildman–Crippen MR) is 134 cm³/mol. The average Bonchev–Trinajstić information content (AvgIpc) is 3.39. The van der Waals surface area contributed by atoms with E-state index in [1.165, 1.54) is 4.90 Å². The Morgan fingerprint density at radius 1 is 1.03 bits per heavy atom. The van der Waals surface area contributed by atoms with Gasteiger partial charge in [0.25, 0.3) is 5.91 Å². The highest BCUT2D eigenvalue weighted by molar-refractivity contribution is 7.98. The van der Waals surface area contributed by atoms with Crippen LogP contribution in [0.15, 0.2) is 66.7 Å². The summed E-state index contributed by atoms with van der Waals surface area (Å²) in [5.74, 6) is -1.11. The van der Waals surface area contributed by atoms with Crippen molar-refractivity contribution < 1.29 is 14.4 Å². The zero-order valence-electron chi connectivity index (χ0n) is 19.5. The molecule has 6 nitrogen and oxygen atoms in total. The monoisotopic (exact) mass is 475 g/mol. The number of imide groups is 1. The van der Waals surface area contributed by atoms with Crippen LogP contribution in [0.1, 0.15) is 24.5 Å². The Morgan fingerprint density at radius 3 is 2.44 bits per heavy atom. The number of carbonyl (C=O) groups is 3. The van der Waals surface area contributed by atoms with E-state index in [1.54, 1.807) is 16.7 Å². The summed E-state index contributed by atoms with van der Waals surface area (Å²) in [5, 5.41) is 3.56. The smallest absolute Gasteiger partial charge is 0.253 e. The maximum absolute atomic E-state index is 14.1. The molecule has 1 spiro atoms. The van der Waals surface area contributed by atoms with Crippen LogP contribution < -0.4 is 10.2 Å². The van der Waals surface area contributed by atoms with E-state index >= 15 is 0 Å². The molecule has 3 heterocycles. The van der Waals surface area contributed by atoms with Crippen LogP contribution in [0.3, 0.4) is 0 Å². The van der Waals surface area contributed by atoms with Gasteiger partial charge in [-0.3, -0.25) is 24.6 Å². The number of likely N-dealkylation sites (tertiary alicyclic amines) is 1. The predicted octanol–water partition coefficient (Wildman–Crippen LogP) is 3.33. The van der Waals surface area contributed by atoms with Crippen molar-refractivity contribution in [3.63, 3.8) is 0 Å². The Labute approximate surface area is 204 Å². The maximum Gasteiger partial charge on any atom is 0.253 e. The molecular weight excluding hydrogens is 446 g/mol. The number of hydrogen-bond acceptors (Lipinski definition) is 5. The van der Waals surface area contributed by atoms with Crippen LogP contribution in [0.4, 0.5) is 5.69 Å². The molecule has 4 atom stereocenters. The van der Waals surface area contributed by atoms with Crippen molar-refractivity contribution in [1.29, 1.82) is 0 Å². The number of anilines is 1. The Hall–Kier alpha value is -2.90. The zero-order chi connectivity index (χ0) is 24.0. The number of fused-ring (bicyclic) bond motifs is 4. The Balaban J connectivity index is 1.61. The number of nitrogens with one attached hydrogen (secondary N) is 1. The molecule has 3 aliphatic rings. The van der Waals surface area contributed by atoms with E-state index in [-0.39, 0.29) is 30.3 Å². The lowest BCUT2D eigenvalue weighted by atomic mass is 9.76. The summed E-state index contributed by atoms with van der Waals surface area (Å²) in [5.41, 5.74) is 2.08. The van der Waals surface area contributed by atoms with E-state index in [1.807, 2.05) is 67.8 Å². The molecule has 3 amide bonds. The normalized spacial score (nSPS) is 27.6. The fraction of sp³-hybridized carbons (Fsp3) is 0.370. The molecule has 176 valence electrons. The summed E-state index contributed by atoms with van der Waals surface area (Å²) >= 11 is 1.70. The first-order valence-corrected chi connectivity index (χ1v) is 13.0. The summed E-state index contributed by atoms with van der Waals surface area (Å²) in [7, 11) is 0. The molecule has 2 aromatic carbocycles. The lowest BCUT2D eigenvalue weighted by molar-refractivity contribution is -0.143. The van der Waals surface area contributed by atoms with Crippen LogP contribution in [0.25, 0.3) is 0 Å². The van der Waals surface area contributed by atoms with Gasteiger partial charge < -0.3 is 4.90 Å². The number of amides is 3. The molecule has 2 aromatic rings. The summed E-state index contributed by atoms with van der Waals surface area (Å²) in [6.45, 7) is 6.49. The molecular formula is C27H29N3O3S. The van der Waals surface area contributed by atoms with Gasteiger partial charge in [-0.25, -0.2) is 0 Å². The molecule has 2 fully saturated rings. The van der Waals surface area contributed by atoms with Gasteiger partial charge in [-0.15, -0.1) is 0 Å². The number of thioether (sulfide) groups is 1. The summed E-state index contributed by atoms with van der Waals surface area (Å²) in [4.78, 5) is 44.9. The third kappa shape index (κ3) is 3.33. The van der Waals surface area contributed by atoms with Gasteiger partial charge in [0.05, 0.1) is 18.4 Å². The molecule has 0 bridgehead atoms. The third-order valence-electron chi connectivity index (χ3n) is 7.20. The van der Waals surface area contributed by atoms with E-state index in [2.05, 4.69) is 11.9 Å². The first-order valence-electron chi connectivity index (χ1n) is 11.6. The van der Waals surface area contributed by atoms with E-state index in [0.29, 0.717) is 13.0 Å². The number of para-hydroxylation sites is 1. The lowest BCUT2D eigenvalue weighted by Crippen LogP contribution is -2.55. The molecule has 7 heteroatoms. The number of rotatable bonds is 7. The van der Waals surface area contributed by atoms with Gasteiger partial charge in [0.1, 0.15) is 5.54 Å². The summed E-state index contributed by atoms with van der Waals surface area (Å²) < 4.78 is 0. The van der Waals surface area contributed by atoms with Gasteiger partial charge in [-0.2, -0.15) is 11.8 Å². The van der Waals surface area contributed by atoms with Crippen LogP contribution in [0, 0.1) is 11.8 Å². The Morgan fingerprint density at radius 2 is 1.74 bits per heavy atom. The zero-order valence-corrected chi connectivity index (χ0v) is 20.3. The number of nitrogens with zero attached hydrogens (tertiary/aromatic N) is 2. The number of benzene rings is 2. The van der Waals surface area contributed by atoms with Crippen molar-refractivity contribution >= 4 is 35.2 Å². The molecule has 0 saturated carbocycles. The minimum atomic E-state index is -1.24. The minimum Gasteiger partial charge on any atom is -0.306 e. The summed E-state index contributed by atoms with van der Waals surface area (Å²) in [6, 6.07) is 16.9. The van der Waals surface area contributed by atoms with Crippen molar-refractivity contribution in [2.75, 3.05) is 23.5 Å². The number of carbonyl (C=O) groups excluding carboxylic acids is 3. The van der Waals surface area contributed by atoms with Gasteiger partial charge in [-0.05, 0) is 37.0 Å². The Bertz CT molecular complexity index is 1170. The molecule has 0 radical (unpaired) electrons. The molecule has 1 N–H and O–H groups in total. The second-order valence-electron chi connectivity index (χ2n) is 9.46. The van der Waals surface area contributed by atoms with Crippen molar-refractivity contribution in [3.05, 3.63) is 77.9 Å². The van der Waals surface area contributed by atoms with Crippen molar-refractivity contribution in [3.8, 4) is 0 Å². The van der Waals surface area contributed by atoms with Crippen molar-refractivity contribution in [2.24, 2.45) is 11.8 Å². The highest BCUT2D eigenvalue weighted by Crippen LogP contribution is 2.55. The van der Waals surface area contributed by atoms with Gasteiger partial charge in [0.15, 0.2) is 0 Å². The van der Waals surface area contributed by atoms with E-state index in [4.69, 9.17) is 0 Å². The fourth-order valence-corrected chi connectivity index (χ4v) is 6.34. The lowest BCUT2D eigenvalue weighted by Gasteiger charge is -2.30. The molecule has 34 heavy (non-hydrogen) atoms. The van der Waals surface area contributed by atoms with Crippen LogP contribution in [0.2, 0.25) is 0 Å². The van der Waals surface area contributed by atoms with Gasteiger partial charge in [0, 0.05) is 23.8 Å². The molecule has 5 rings (SSSR count). The highest BCUT2D eigenvalue weighted by atomic mass is 32.2. The minimum absolute atomic E-state index is 0.166. The molecule has 2 saturated heterocycles. The standard InChI is InChI=1S/C27H29N3O3S/c1-17(2)15-29-21-12-8-7-11-19(21)27(26(29)33)23-22(20(28-27)13-14-34-3)24(31)30(25(23)32)16-18-9-5-4-6-10-18/h4-12,20,22-23,28H,1,13-16H2,2-3H3/t20-,22+,23+,27-/m0/s1.